The van der Waals surface area contributed by atoms with Crippen LogP contribution in [-0.2, 0) is 0 Å². The Bertz CT molecular complexity index is 477. The van der Waals surface area contributed by atoms with Gasteiger partial charge in [-0.3, -0.25) is 0 Å². The number of anilines is 2. The fraction of sp³-hybridized carbons (Fsp3) is 0.750. The van der Waals surface area contributed by atoms with Crippen LogP contribution in [0.15, 0.2) is 11.2 Å². The fourth-order valence-corrected chi connectivity index (χ4v) is 4.21. The summed E-state index contributed by atoms with van der Waals surface area (Å²) in [7, 11) is 0. The second-order valence-electron chi connectivity index (χ2n) is 6.08. The summed E-state index contributed by atoms with van der Waals surface area (Å²) in [6.07, 6.45) is 10.3. The van der Waals surface area contributed by atoms with E-state index >= 15 is 0 Å². The zero-order valence-corrected chi connectivity index (χ0v) is 14.0. The van der Waals surface area contributed by atoms with E-state index in [1.165, 1.54) is 38.5 Å². The minimum Gasteiger partial charge on any atom is -0.370 e. The number of aromatic nitrogens is 2. The van der Waals surface area contributed by atoms with E-state index in [0.717, 1.165) is 35.8 Å². The smallest absolute Gasteiger partial charge is 0.191 e. The van der Waals surface area contributed by atoms with Gasteiger partial charge in [0, 0.05) is 25.2 Å². The summed E-state index contributed by atoms with van der Waals surface area (Å²) < 4.78 is 0. The molecule has 3 rings (SSSR count). The topological polar surface area (TPSA) is 41.0 Å². The van der Waals surface area contributed by atoms with E-state index in [1.807, 2.05) is 0 Å². The van der Waals surface area contributed by atoms with Gasteiger partial charge in [-0.2, -0.15) is 0 Å². The van der Waals surface area contributed by atoms with E-state index in [-0.39, 0.29) is 0 Å². The number of nitrogens with one attached hydrogen (secondary N) is 1. The number of rotatable bonds is 4. The van der Waals surface area contributed by atoms with Crippen LogP contribution in [0.5, 0.6) is 0 Å². The Balaban J connectivity index is 1.88. The lowest BCUT2D eigenvalue weighted by molar-refractivity contribution is 0.242. The number of piperidine rings is 1. The van der Waals surface area contributed by atoms with E-state index in [0.29, 0.717) is 6.04 Å². The van der Waals surface area contributed by atoms with Gasteiger partial charge in [0.25, 0.3) is 0 Å². The number of hydrogen-bond donors (Lipinski definition) is 1. The lowest BCUT2D eigenvalue weighted by Crippen LogP contribution is -2.47. The van der Waals surface area contributed by atoms with Crippen LogP contribution in [-0.4, -0.2) is 35.4 Å². The molecule has 2 atom stereocenters. The zero-order chi connectivity index (χ0) is 14.7. The van der Waals surface area contributed by atoms with Crippen LogP contribution in [0, 0.1) is 5.92 Å². The van der Waals surface area contributed by atoms with Crippen LogP contribution in [0.25, 0.3) is 0 Å². The summed E-state index contributed by atoms with van der Waals surface area (Å²) in [6.45, 7) is 4.16. The molecule has 1 aromatic heterocycles. The third kappa shape index (κ3) is 3.28. The van der Waals surface area contributed by atoms with Crippen LogP contribution < -0.4 is 10.2 Å². The molecule has 1 aliphatic heterocycles. The van der Waals surface area contributed by atoms with Gasteiger partial charge in [-0.05, 0) is 44.8 Å². The Kier molecular flexibility index (Phi) is 4.88. The predicted octanol–water partition coefficient (Wildman–Crippen LogP) is 3.79. The molecule has 116 valence electrons. The molecule has 0 amide bonds. The molecule has 0 unspecified atom stereocenters. The predicted molar refractivity (Wildman–Crippen MR) is 90.3 cm³/mol. The second kappa shape index (κ2) is 6.86. The lowest BCUT2D eigenvalue weighted by Gasteiger charge is -2.44. The highest BCUT2D eigenvalue weighted by molar-refractivity contribution is 7.98. The summed E-state index contributed by atoms with van der Waals surface area (Å²) in [4.78, 5) is 11.9. The molecule has 0 aromatic carbocycles. The van der Waals surface area contributed by atoms with Crippen LogP contribution in [0.1, 0.15) is 45.4 Å². The molecular weight excluding hydrogens is 280 g/mol. The fourth-order valence-electron chi connectivity index (χ4n) is 3.83. The Labute approximate surface area is 132 Å². The van der Waals surface area contributed by atoms with Crippen molar-refractivity contribution in [1.29, 1.82) is 0 Å². The van der Waals surface area contributed by atoms with Gasteiger partial charge in [0.05, 0.1) is 0 Å². The van der Waals surface area contributed by atoms with Gasteiger partial charge in [0.2, 0.25) is 0 Å². The van der Waals surface area contributed by atoms with Crippen molar-refractivity contribution in [2.45, 2.75) is 56.6 Å². The largest absolute Gasteiger partial charge is 0.370 e. The number of thioether (sulfide) groups is 1. The minimum absolute atomic E-state index is 0.701. The average Bonchev–Trinajstić information content (AvgIpc) is 2.54. The van der Waals surface area contributed by atoms with Crippen molar-refractivity contribution >= 4 is 23.4 Å². The maximum Gasteiger partial charge on any atom is 0.191 e. The van der Waals surface area contributed by atoms with Gasteiger partial charge in [-0.25, -0.2) is 9.97 Å². The Hall–Kier alpha value is -0.970. The lowest BCUT2D eigenvalue weighted by atomic mass is 9.78. The third-order valence-corrected chi connectivity index (χ3v) is 5.32. The zero-order valence-electron chi connectivity index (χ0n) is 13.1. The van der Waals surface area contributed by atoms with Crippen molar-refractivity contribution in [3.63, 3.8) is 0 Å². The molecule has 1 aliphatic carbocycles. The molecule has 1 saturated carbocycles. The Morgan fingerprint density at radius 2 is 2.05 bits per heavy atom. The molecule has 2 heterocycles. The van der Waals surface area contributed by atoms with Crippen LogP contribution >= 0.6 is 11.8 Å². The molecule has 1 N–H and O–H groups in total. The first-order valence-electron chi connectivity index (χ1n) is 8.25. The number of hydrogen-bond acceptors (Lipinski definition) is 5. The molecule has 0 radical (unpaired) electrons. The second-order valence-corrected chi connectivity index (χ2v) is 6.85. The summed E-state index contributed by atoms with van der Waals surface area (Å²) in [5, 5.41) is 4.22. The minimum atomic E-state index is 0.701. The Morgan fingerprint density at radius 1 is 1.24 bits per heavy atom. The maximum absolute atomic E-state index is 4.79. The van der Waals surface area contributed by atoms with E-state index in [2.05, 4.69) is 34.4 Å². The van der Waals surface area contributed by atoms with E-state index in [4.69, 9.17) is 4.98 Å². The molecule has 4 nitrogen and oxygen atoms in total. The van der Waals surface area contributed by atoms with Crippen molar-refractivity contribution in [3.05, 3.63) is 6.07 Å². The van der Waals surface area contributed by atoms with Gasteiger partial charge in [0.15, 0.2) is 5.16 Å². The SMILES string of the molecule is CCNc1cc(N2CCC[C@H]3CCCC[C@H]32)nc(SC)n1. The van der Waals surface area contributed by atoms with E-state index < -0.39 is 0 Å². The monoisotopic (exact) mass is 306 g/mol. The highest BCUT2D eigenvalue weighted by Gasteiger charge is 2.34. The number of fused-ring (bicyclic) bond motifs is 1. The molecule has 21 heavy (non-hydrogen) atoms. The van der Waals surface area contributed by atoms with Crippen LogP contribution in [0.2, 0.25) is 0 Å². The first-order chi connectivity index (χ1) is 10.3. The highest BCUT2D eigenvalue weighted by atomic mass is 32.2. The van der Waals surface area contributed by atoms with E-state index in [9.17, 15) is 0 Å². The molecule has 1 saturated heterocycles. The molecule has 2 fully saturated rings. The molecular formula is C16H26N4S. The molecule has 2 aliphatic rings. The number of nitrogens with zero attached hydrogens (tertiary/aromatic N) is 3. The first kappa shape index (κ1) is 14.9. The maximum atomic E-state index is 4.79. The van der Waals surface area contributed by atoms with Crippen molar-refractivity contribution in [1.82, 2.24) is 9.97 Å². The van der Waals surface area contributed by atoms with Gasteiger partial charge in [-0.1, -0.05) is 24.6 Å². The standard InChI is InChI=1S/C16H26N4S/c1-3-17-14-11-15(19-16(18-14)21-2)20-10-6-8-12-7-4-5-9-13(12)20/h11-13H,3-10H2,1-2H3,(H,17,18,19)/t12-,13-/m1/s1. The Morgan fingerprint density at radius 3 is 2.86 bits per heavy atom. The van der Waals surface area contributed by atoms with Crippen molar-refractivity contribution in [2.75, 3.05) is 29.6 Å². The van der Waals surface area contributed by atoms with E-state index in [1.54, 1.807) is 11.8 Å². The first-order valence-corrected chi connectivity index (χ1v) is 9.48. The normalized spacial score (nSPS) is 25.5. The molecule has 0 bridgehead atoms. The van der Waals surface area contributed by atoms with Crippen molar-refractivity contribution in [3.8, 4) is 0 Å². The van der Waals surface area contributed by atoms with Crippen molar-refractivity contribution in [2.24, 2.45) is 5.92 Å². The van der Waals surface area contributed by atoms with Gasteiger partial charge in [-0.15, -0.1) is 0 Å². The van der Waals surface area contributed by atoms with Gasteiger partial charge < -0.3 is 10.2 Å². The van der Waals surface area contributed by atoms with Gasteiger partial charge in [0.1, 0.15) is 11.6 Å². The molecule has 0 spiro atoms. The summed E-state index contributed by atoms with van der Waals surface area (Å²) in [5.74, 6) is 2.97. The summed E-state index contributed by atoms with van der Waals surface area (Å²) in [5.41, 5.74) is 0. The highest BCUT2D eigenvalue weighted by Crippen LogP contribution is 2.37. The average molecular weight is 306 g/mol. The van der Waals surface area contributed by atoms with Crippen LogP contribution in [0.3, 0.4) is 0 Å². The van der Waals surface area contributed by atoms with Crippen molar-refractivity contribution < 1.29 is 0 Å². The summed E-state index contributed by atoms with van der Waals surface area (Å²) in [6, 6.07) is 2.84. The van der Waals surface area contributed by atoms with Crippen LogP contribution in [0.4, 0.5) is 11.6 Å². The summed E-state index contributed by atoms with van der Waals surface area (Å²) >= 11 is 1.63. The molecule has 1 aromatic rings. The third-order valence-electron chi connectivity index (χ3n) is 4.77. The molecule has 5 heteroatoms. The quantitative estimate of drug-likeness (QED) is 0.677. The van der Waals surface area contributed by atoms with Gasteiger partial charge >= 0.3 is 0 Å².